The molecule has 0 amide bonds. The smallest absolute Gasteiger partial charge is 0.297 e. The predicted molar refractivity (Wildman–Crippen MR) is 58.5 cm³/mol. The van der Waals surface area contributed by atoms with Gasteiger partial charge in [-0.15, -0.1) is 0 Å². The molecule has 16 heavy (non-hydrogen) atoms. The Morgan fingerprint density at radius 3 is 2.31 bits per heavy atom. The number of aliphatic hydroxyl groups excluding tert-OH is 1. The minimum atomic E-state index is -3.67. The van der Waals surface area contributed by atoms with E-state index >= 15 is 0 Å². The number of rotatable bonds is 3. The van der Waals surface area contributed by atoms with Gasteiger partial charge in [-0.1, -0.05) is 17.7 Å². The molecule has 0 aliphatic heterocycles. The second kappa shape index (κ2) is 4.16. The maximum atomic E-state index is 11.7. The fourth-order valence-corrected chi connectivity index (χ4v) is 2.65. The average molecular weight is 242 g/mol. The van der Waals surface area contributed by atoms with Gasteiger partial charge in [0.15, 0.2) is 0 Å². The van der Waals surface area contributed by atoms with Crippen LogP contribution in [0.1, 0.15) is 18.4 Å². The van der Waals surface area contributed by atoms with E-state index in [1.165, 1.54) is 12.1 Å². The summed E-state index contributed by atoms with van der Waals surface area (Å²) in [6.45, 7) is 1.89. The molecule has 5 heteroatoms. The minimum absolute atomic E-state index is 0.166. The molecule has 0 heterocycles. The van der Waals surface area contributed by atoms with Gasteiger partial charge in [-0.2, -0.15) is 8.42 Å². The first-order chi connectivity index (χ1) is 7.47. The molecule has 0 spiro atoms. The van der Waals surface area contributed by atoms with Gasteiger partial charge in [0, 0.05) is 12.8 Å². The zero-order chi connectivity index (χ0) is 11.8. The first kappa shape index (κ1) is 11.6. The highest BCUT2D eigenvalue weighted by Gasteiger charge is 2.32. The Kier molecular flexibility index (Phi) is 3.01. The van der Waals surface area contributed by atoms with Crippen LogP contribution in [-0.4, -0.2) is 25.7 Å². The van der Waals surface area contributed by atoms with E-state index in [9.17, 15) is 8.42 Å². The van der Waals surface area contributed by atoms with Crippen LogP contribution in [0.5, 0.6) is 0 Å². The van der Waals surface area contributed by atoms with E-state index in [1.807, 2.05) is 6.92 Å². The van der Waals surface area contributed by atoms with Crippen LogP contribution in [0.25, 0.3) is 0 Å². The summed E-state index contributed by atoms with van der Waals surface area (Å²) in [6, 6.07) is 6.51. The van der Waals surface area contributed by atoms with Gasteiger partial charge in [0.25, 0.3) is 10.1 Å². The highest BCUT2D eigenvalue weighted by atomic mass is 32.2. The summed E-state index contributed by atoms with van der Waals surface area (Å²) in [6.07, 6.45) is -0.00423. The molecule has 0 saturated heterocycles. The highest BCUT2D eigenvalue weighted by molar-refractivity contribution is 7.86. The first-order valence-corrected chi connectivity index (χ1v) is 6.56. The van der Waals surface area contributed by atoms with Crippen molar-refractivity contribution in [2.45, 2.75) is 36.9 Å². The molecule has 1 aliphatic carbocycles. The lowest BCUT2D eigenvalue weighted by Gasteiger charge is -2.30. The van der Waals surface area contributed by atoms with Crippen LogP contribution in [0.15, 0.2) is 29.2 Å². The Hall–Kier alpha value is -0.910. The third-order valence-electron chi connectivity index (χ3n) is 2.64. The van der Waals surface area contributed by atoms with E-state index in [0.29, 0.717) is 12.8 Å². The standard InChI is InChI=1S/C11H14O4S/c1-8-2-4-11(5-3-8)16(13,14)15-10-6-9(12)7-10/h2-5,9-10,12H,6-7H2,1H3/t9-,10+. The van der Waals surface area contributed by atoms with Gasteiger partial charge in [-0.25, -0.2) is 0 Å². The van der Waals surface area contributed by atoms with E-state index in [4.69, 9.17) is 9.29 Å². The number of hydrogen-bond acceptors (Lipinski definition) is 4. The van der Waals surface area contributed by atoms with Gasteiger partial charge in [0.2, 0.25) is 0 Å². The molecule has 1 saturated carbocycles. The summed E-state index contributed by atoms with van der Waals surface area (Å²) < 4.78 is 28.5. The van der Waals surface area contributed by atoms with Gasteiger partial charge < -0.3 is 5.11 Å². The molecule has 1 N–H and O–H groups in total. The van der Waals surface area contributed by atoms with Crippen molar-refractivity contribution < 1.29 is 17.7 Å². The molecule has 1 aromatic carbocycles. The Morgan fingerprint density at radius 1 is 1.25 bits per heavy atom. The van der Waals surface area contributed by atoms with Gasteiger partial charge in [0.05, 0.1) is 17.1 Å². The maximum Gasteiger partial charge on any atom is 0.297 e. The Morgan fingerprint density at radius 2 is 1.81 bits per heavy atom. The molecular weight excluding hydrogens is 228 g/mol. The summed E-state index contributed by atoms with van der Waals surface area (Å²) in [7, 11) is -3.67. The maximum absolute atomic E-state index is 11.7. The molecule has 1 aliphatic rings. The highest BCUT2D eigenvalue weighted by Crippen LogP contribution is 2.27. The van der Waals surface area contributed by atoms with Crippen LogP contribution in [0.2, 0.25) is 0 Å². The quantitative estimate of drug-likeness (QED) is 0.810. The molecular formula is C11H14O4S. The monoisotopic (exact) mass is 242 g/mol. The molecule has 4 nitrogen and oxygen atoms in total. The molecule has 0 unspecified atom stereocenters. The van der Waals surface area contributed by atoms with E-state index in [1.54, 1.807) is 12.1 Å². The van der Waals surface area contributed by atoms with Gasteiger partial charge in [-0.3, -0.25) is 4.18 Å². The largest absolute Gasteiger partial charge is 0.393 e. The van der Waals surface area contributed by atoms with Crippen molar-refractivity contribution in [1.82, 2.24) is 0 Å². The molecule has 1 fully saturated rings. The van der Waals surface area contributed by atoms with Crippen LogP contribution in [0, 0.1) is 6.92 Å². The van der Waals surface area contributed by atoms with Gasteiger partial charge in [0.1, 0.15) is 0 Å². The third-order valence-corrected chi connectivity index (χ3v) is 4.02. The fourth-order valence-electron chi connectivity index (χ4n) is 1.56. The molecule has 88 valence electrons. The summed E-state index contributed by atoms with van der Waals surface area (Å²) in [5.41, 5.74) is 0.998. The van der Waals surface area contributed by atoms with Crippen LogP contribution >= 0.6 is 0 Å². The lowest BCUT2D eigenvalue weighted by molar-refractivity contribution is -0.00728. The topological polar surface area (TPSA) is 63.6 Å². The zero-order valence-electron chi connectivity index (χ0n) is 8.96. The van der Waals surface area contributed by atoms with Crippen molar-refractivity contribution in [1.29, 1.82) is 0 Å². The third kappa shape index (κ3) is 2.42. The molecule has 2 rings (SSSR count). The SMILES string of the molecule is Cc1ccc(S(=O)(=O)O[C@H]2C[C@@H](O)C2)cc1. The molecule has 0 aromatic heterocycles. The van der Waals surface area contributed by atoms with Crippen molar-refractivity contribution in [2.75, 3.05) is 0 Å². The number of aliphatic hydroxyl groups is 1. The normalized spacial score (nSPS) is 25.1. The molecule has 0 atom stereocenters. The Labute approximate surface area is 95.0 Å². The average Bonchev–Trinajstić information content (AvgIpc) is 2.15. The van der Waals surface area contributed by atoms with E-state index in [-0.39, 0.29) is 11.0 Å². The molecule has 1 aromatic rings. The van der Waals surface area contributed by atoms with Crippen LogP contribution in [-0.2, 0) is 14.3 Å². The summed E-state index contributed by atoms with van der Waals surface area (Å²) >= 11 is 0. The second-order valence-corrected chi connectivity index (χ2v) is 5.68. The first-order valence-electron chi connectivity index (χ1n) is 5.15. The zero-order valence-corrected chi connectivity index (χ0v) is 9.78. The van der Waals surface area contributed by atoms with Crippen molar-refractivity contribution in [3.05, 3.63) is 29.8 Å². The summed E-state index contributed by atoms with van der Waals surface area (Å²) in [4.78, 5) is 0.166. The van der Waals surface area contributed by atoms with Crippen molar-refractivity contribution in [3.8, 4) is 0 Å². The number of benzene rings is 1. The van der Waals surface area contributed by atoms with Crippen molar-refractivity contribution in [3.63, 3.8) is 0 Å². The van der Waals surface area contributed by atoms with Crippen LogP contribution in [0.3, 0.4) is 0 Å². The fraction of sp³-hybridized carbons (Fsp3) is 0.455. The summed E-state index contributed by atoms with van der Waals surface area (Å²) in [5, 5.41) is 9.05. The van der Waals surface area contributed by atoms with E-state index in [2.05, 4.69) is 0 Å². The lowest BCUT2D eigenvalue weighted by Crippen LogP contribution is -2.36. The predicted octanol–water partition coefficient (Wildman–Crippen LogP) is 1.22. The van der Waals surface area contributed by atoms with Gasteiger partial charge >= 0.3 is 0 Å². The molecule has 0 radical (unpaired) electrons. The van der Waals surface area contributed by atoms with Crippen LogP contribution in [0.4, 0.5) is 0 Å². The van der Waals surface area contributed by atoms with Crippen molar-refractivity contribution >= 4 is 10.1 Å². The minimum Gasteiger partial charge on any atom is -0.393 e. The van der Waals surface area contributed by atoms with Crippen molar-refractivity contribution in [2.24, 2.45) is 0 Å². The van der Waals surface area contributed by atoms with Crippen LogP contribution < -0.4 is 0 Å². The Bertz CT molecular complexity index is 457. The van der Waals surface area contributed by atoms with Gasteiger partial charge in [-0.05, 0) is 19.1 Å². The number of aryl methyl sites for hydroxylation is 1. The second-order valence-electron chi connectivity index (χ2n) is 4.11. The number of hydrogen-bond donors (Lipinski definition) is 1. The molecule has 0 bridgehead atoms. The lowest BCUT2D eigenvalue weighted by atomic mass is 9.93. The van der Waals surface area contributed by atoms with E-state index < -0.39 is 16.2 Å². The summed E-state index contributed by atoms with van der Waals surface area (Å²) in [5.74, 6) is 0. The van der Waals surface area contributed by atoms with E-state index in [0.717, 1.165) is 5.56 Å². The Balaban J connectivity index is 2.10.